The number of aromatic nitrogens is 3. The van der Waals surface area contributed by atoms with Gasteiger partial charge in [-0.2, -0.15) is 5.10 Å². The van der Waals surface area contributed by atoms with E-state index in [1.165, 1.54) is 29.3 Å². The molecule has 1 amide bonds. The van der Waals surface area contributed by atoms with Crippen LogP contribution < -0.4 is 10.2 Å². The van der Waals surface area contributed by atoms with Gasteiger partial charge >= 0.3 is 5.97 Å². The molecule has 6 rings (SSSR count). The van der Waals surface area contributed by atoms with Crippen LogP contribution in [0, 0.1) is 0 Å². The van der Waals surface area contributed by atoms with Crippen LogP contribution in [-0.4, -0.2) is 38.6 Å². The second kappa shape index (κ2) is 13.0. The van der Waals surface area contributed by atoms with Crippen LogP contribution in [0.25, 0.3) is 27.2 Å². The van der Waals surface area contributed by atoms with Crippen LogP contribution in [0.4, 0.5) is 0 Å². The summed E-state index contributed by atoms with van der Waals surface area (Å²) in [4.78, 5) is 25.8. The Morgan fingerprint density at radius 2 is 1.67 bits per heavy atom. The van der Waals surface area contributed by atoms with E-state index in [0.717, 1.165) is 21.3 Å². The molecular weight excluding hydrogens is 602 g/mol. The van der Waals surface area contributed by atoms with Crippen LogP contribution in [-0.2, 0) is 4.79 Å². The molecule has 0 saturated heterocycles. The SMILES string of the molecule is O=C(CSc1nnc(-c2ccccc2)n1-c1ccccc1)NN=Cc1cccc(OC(=O)c2sc3ccccc3c2Cl)c1. The number of hydrazone groups is 1. The summed E-state index contributed by atoms with van der Waals surface area (Å²) in [5.74, 6) is 0.239. The fourth-order valence-electron chi connectivity index (χ4n) is 4.25. The molecule has 0 aliphatic heterocycles. The lowest BCUT2D eigenvalue weighted by Gasteiger charge is -2.10. The van der Waals surface area contributed by atoms with E-state index in [9.17, 15) is 9.59 Å². The number of benzene rings is 4. The maximum absolute atomic E-state index is 12.8. The molecule has 2 heterocycles. The van der Waals surface area contributed by atoms with Gasteiger partial charge in [0.25, 0.3) is 5.91 Å². The molecule has 43 heavy (non-hydrogen) atoms. The topological polar surface area (TPSA) is 98.5 Å². The number of fused-ring (bicyclic) bond motifs is 1. The summed E-state index contributed by atoms with van der Waals surface area (Å²) >= 11 is 8.96. The van der Waals surface area contributed by atoms with Gasteiger partial charge < -0.3 is 4.74 Å². The Morgan fingerprint density at radius 1 is 0.930 bits per heavy atom. The first-order valence-corrected chi connectivity index (χ1v) is 15.2. The van der Waals surface area contributed by atoms with Gasteiger partial charge in [-0.05, 0) is 35.9 Å². The fourth-order valence-corrected chi connectivity index (χ4v) is 6.37. The highest BCUT2D eigenvalue weighted by Crippen LogP contribution is 2.36. The molecule has 6 aromatic rings. The summed E-state index contributed by atoms with van der Waals surface area (Å²) < 4.78 is 8.40. The molecule has 0 unspecified atom stereocenters. The smallest absolute Gasteiger partial charge is 0.355 e. The molecule has 0 bridgehead atoms. The van der Waals surface area contributed by atoms with Gasteiger partial charge in [-0.3, -0.25) is 9.36 Å². The second-order valence-corrected chi connectivity index (χ2v) is 11.5. The molecule has 212 valence electrons. The molecule has 0 aliphatic carbocycles. The lowest BCUT2D eigenvalue weighted by molar-refractivity contribution is -0.118. The van der Waals surface area contributed by atoms with Crippen molar-refractivity contribution >= 4 is 62.9 Å². The highest BCUT2D eigenvalue weighted by Gasteiger charge is 2.19. The number of carbonyl (C=O) groups is 2. The number of amides is 1. The predicted molar refractivity (Wildman–Crippen MR) is 171 cm³/mol. The maximum atomic E-state index is 12.8. The lowest BCUT2D eigenvalue weighted by Crippen LogP contribution is -2.20. The fraction of sp³-hybridized carbons (Fsp3) is 0.0312. The predicted octanol–water partition coefficient (Wildman–Crippen LogP) is 7.26. The first kappa shape index (κ1) is 28.4. The summed E-state index contributed by atoms with van der Waals surface area (Å²) in [5, 5.41) is 14.6. The van der Waals surface area contributed by atoms with Gasteiger partial charge in [0.05, 0.1) is 17.0 Å². The maximum Gasteiger partial charge on any atom is 0.355 e. The van der Waals surface area contributed by atoms with Crippen LogP contribution in [0.5, 0.6) is 5.75 Å². The van der Waals surface area contributed by atoms with E-state index in [1.54, 1.807) is 24.3 Å². The van der Waals surface area contributed by atoms with E-state index in [-0.39, 0.29) is 11.7 Å². The van der Waals surface area contributed by atoms with Crippen LogP contribution in [0.3, 0.4) is 0 Å². The number of halogens is 1. The Morgan fingerprint density at radius 3 is 2.47 bits per heavy atom. The van der Waals surface area contributed by atoms with Crippen molar-refractivity contribution in [2.24, 2.45) is 5.10 Å². The van der Waals surface area contributed by atoms with Crippen molar-refractivity contribution in [3.05, 3.63) is 125 Å². The first-order chi connectivity index (χ1) is 21.1. The Bertz CT molecular complexity index is 1940. The number of hydrogen-bond donors (Lipinski definition) is 1. The van der Waals surface area contributed by atoms with E-state index < -0.39 is 5.97 Å². The molecular formula is C32H22ClN5O3S2. The molecule has 0 atom stereocenters. The number of hydrogen-bond acceptors (Lipinski definition) is 8. The zero-order valence-corrected chi connectivity index (χ0v) is 24.8. The second-order valence-electron chi connectivity index (χ2n) is 9.13. The molecule has 1 N–H and O–H groups in total. The molecule has 2 aromatic heterocycles. The van der Waals surface area contributed by atoms with Crippen LogP contribution in [0.1, 0.15) is 15.2 Å². The Kier molecular flexibility index (Phi) is 8.60. The standard InChI is InChI=1S/C32H22ClN5O3S2/c33-28-25-16-7-8-17-26(25)43-29(28)31(40)41-24-15-9-10-21(18-24)19-34-35-27(39)20-42-32-37-36-30(22-11-3-1-4-12-22)38(32)23-13-5-2-6-14-23/h1-19H,20H2,(H,35,39). The minimum atomic E-state index is -0.538. The molecule has 8 nitrogen and oxygen atoms in total. The van der Waals surface area contributed by atoms with E-state index in [4.69, 9.17) is 16.3 Å². The number of nitrogens with zero attached hydrogens (tertiary/aromatic N) is 4. The zero-order chi connectivity index (χ0) is 29.6. The Balaban J connectivity index is 1.09. The van der Waals surface area contributed by atoms with Crippen molar-refractivity contribution in [3.8, 4) is 22.8 Å². The third-order valence-corrected chi connectivity index (χ3v) is 8.79. The van der Waals surface area contributed by atoms with Gasteiger partial charge in [0.1, 0.15) is 10.6 Å². The van der Waals surface area contributed by atoms with Crippen molar-refractivity contribution in [2.75, 3.05) is 5.75 Å². The van der Waals surface area contributed by atoms with Gasteiger partial charge in [0.2, 0.25) is 0 Å². The number of thiophene rings is 1. The highest BCUT2D eigenvalue weighted by molar-refractivity contribution is 7.99. The number of nitrogens with one attached hydrogen (secondary N) is 1. The van der Waals surface area contributed by atoms with Gasteiger partial charge in [0, 0.05) is 21.3 Å². The third kappa shape index (κ3) is 6.51. The minimum Gasteiger partial charge on any atom is -0.422 e. The number of esters is 1. The number of carbonyl (C=O) groups excluding carboxylic acids is 2. The van der Waals surface area contributed by atoms with Crippen molar-refractivity contribution in [2.45, 2.75) is 5.16 Å². The van der Waals surface area contributed by atoms with Crippen LogP contribution >= 0.6 is 34.7 Å². The van der Waals surface area contributed by atoms with Crippen molar-refractivity contribution in [3.63, 3.8) is 0 Å². The van der Waals surface area contributed by atoms with E-state index in [0.29, 0.717) is 32.2 Å². The monoisotopic (exact) mass is 623 g/mol. The average Bonchev–Trinajstić information content (AvgIpc) is 3.62. The lowest BCUT2D eigenvalue weighted by atomic mass is 10.2. The Labute approximate surface area is 260 Å². The molecule has 0 radical (unpaired) electrons. The molecule has 0 spiro atoms. The van der Waals surface area contributed by atoms with Crippen LogP contribution in [0.2, 0.25) is 5.02 Å². The van der Waals surface area contributed by atoms with Gasteiger partial charge in [-0.1, -0.05) is 102 Å². The summed E-state index contributed by atoms with van der Waals surface area (Å²) in [6, 6.07) is 33.9. The number of rotatable bonds is 9. The quantitative estimate of drug-likeness (QED) is 0.0598. The van der Waals surface area contributed by atoms with E-state index in [2.05, 4.69) is 20.7 Å². The van der Waals surface area contributed by atoms with Gasteiger partial charge in [-0.15, -0.1) is 21.5 Å². The van der Waals surface area contributed by atoms with Crippen molar-refractivity contribution in [1.82, 2.24) is 20.2 Å². The highest BCUT2D eigenvalue weighted by atomic mass is 35.5. The number of thioether (sulfide) groups is 1. The van der Waals surface area contributed by atoms with Gasteiger partial charge in [-0.25, -0.2) is 10.2 Å². The minimum absolute atomic E-state index is 0.0741. The molecule has 0 saturated carbocycles. The zero-order valence-electron chi connectivity index (χ0n) is 22.4. The third-order valence-electron chi connectivity index (χ3n) is 6.20. The summed E-state index contributed by atoms with van der Waals surface area (Å²) in [6.45, 7) is 0. The normalized spacial score (nSPS) is 11.2. The van der Waals surface area contributed by atoms with Crippen LogP contribution in [0.15, 0.2) is 119 Å². The molecule has 11 heteroatoms. The number of para-hydroxylation sites is 1. The Hall–Kier alpha value is -4.77. The number of ether oxygens (including phenoxy) is 1. The molecule has 0 fully saturated rings. The van der Waals surface area contributed by atoms with E-state index >= 15 is 0 Å². The van der Waals surface area contributed by atoms with Crippen molar-refractivity contribution < 1.29 is 14.3 Å². The summed E-state index contributed by atoms with van der Waals surface area (Å²) in [6.07, 6.45) is 1.48. The first-order valence-electron chi connectivity index (χ1n) is 13.1. The summed E-state index contributed by atoms with van der Waals surface area (Å²) in [7, 11) is 0. The van der Waals surface area contributed by atoms with Gasteiger partial charge in [0.15, 0.2) is 11.0 Å². The molecule has 0 aliphatic rings. The molecule has 4 aromatic carbocycles. The largest absolute Gasteiger partial charge is 0.422 e. The summed E-state index contributed by atoms with van der Waals surface area (Å²) in [5.41, 5.74) is 4.98. The van der Waals surface area contributed by atoms with Crippen molar-refractivity contribution in [1.29, 1.82) is 0 Å². The average molecular weight is 624 g/mol. The van der Waals surface area contributed by atoms with E-state index in [1.807, 2.05) is 89.5 Å².